The first-order chi connectivity index (χ1) is 14.4. The molecule has 7 heteroatoms. The number of hydrogen-bond acceptors (Lipinski definition) is 3. The third kappa shape index (κ3) is 4.57. The topological polar surface area (TPSA) is 92.2 Å². The van der Waals surface area contributed by atoms with Crippen LogP contribution < -0.4 is 16.2 Å². The van der Waals surface area contributed by atoms with Crippen LogP contribution in [0.3, 0.4) is 0 Å². The van der Waals surface area contributed by atoms with Gasteiger partial charge in [-0.25, -0.2) is 0 Å². The maximum Gasteiger partial charge on any atom is 0.271 e. The van der Waals surface area contributed by atoms with Gasteiger partial charge in [-0.05, 0) is 51.1 Å². The summed E-state index contributed by atoms with van der Waals surface area (Å²) in [5, 5.41) is 2.60. The van der Waals surface area contributed by atoms with Crippen molar-refractivity contribution in [1.29, 1.82) is 0 Å². The molecule has 0 radical (unpaired) electrons. The van der Waals surface area contributed by atoms with Gasteiger partial charge in [-0.1, -0.05) is 36.4 Å². The van der Waals surface area contributed by atoms with E-state index in [-0.39, 0.29) is 5.91 Å². The standard InChI is InChI=1S/C23H24N4O3/c1-15-14-20(17(3)27(15)19-12-8-5-9-13-19)23(30)26-25-21(28)16(2)24-22(29)18-10-6-4-7-11-18/h4-14,16H,1-3H3,(H,24,29)(H,25,28)(H,26,30). The Morgan fingerprint density at radius 3 is 2.07 bits per heavy atom. The molecule has 154 valence electrons. The fourth-order valence-corrected chi connectivity index (χ4v) is 3.20. The van der Waals surface area contributed by atoms with Gasteiger partial charge in [0.15, 0.2) is 0 Å². The number of nitrogens with zero attached hydrogens (tertiary/aromatic N) is 1. The third-order valence-electron chi connectivity index (χ3n) is 4.77. The molecular weight excluding hydrogens is 380 g/mol. The van der Waals surface area contributed by atoms with Gasteiger partial charge in [0.1, 0.15) is 6.04 Å². The predicted molar refractivity (Wildman–Crippen MR) is 114 cm³/mol. The molecule has 1 aromatic heterocycles. The van der Waals surface area contributed by atoms with Crippen molar-refractivity contribution in [1.82, 2.24) is 20.7 Å². The van der Waals surface area contributed by atoms with Crippen LogP contribution in [0.15, 0.2) is 66.7 Å². The minimum Gasteiger partial charge on any atom is -0.340 e. The molecule has 3 aromatic rings. The van der Waals surface area contributed by atoms with E-state index in [0.717, 1.165) is 17.1 Å². The second kappa shape index (κ2) is 9.09. The fourth-order valence-electron chi connectivity index (χ4n) is 3.20. The van der Waals surface area contributed by atoms with Gasteiger partial charge in [-0.3, -0.25) is 25.2 Å². The van der Waals surface area contributed by atoms with Crippen LogP contribution in [0.25, 0.3) is 5.69 Å². The molecule has 1 heterocycles. The molecule has 7 nitrogen and oxygen atoms in total. The van der Waals surface area contributed by atoms with Gasteiger partial charge in [0.05, 0.1) is 5.56 Å². The highest BCUT2D eigenvalue weighted by atomic mass is 16.2. The lowest BCUT2D eigenvalue weighted by Gasteiger charge is -2.15. The van der Waals surface area contributed by atoms with Crippen molar-refractivity contribution in [2.45, 2.75) is 26.8 Å². The zero-order valence-electron chi connectivity index (χ0n) is 17.1. The van der Waals surface area contributed by atoms with Crippen molar-refractivity contribution in [3.63, 3.8) is 0 Å². The molecule has 0 fully saturated rings. The monoisotopic (exact) mass is 404 g/mol. The highest BCUT2D eigenvalue weighted by Gasteiger charge is 2.20. The van der Waals surface area contributed by atoms with Gasteiger partial charge in [0, 0.05) is 22.6 Å². The normalized spacial score (nSPS) is 11.4. The van der Waals surface area contributed by atoms with E-state index < -0.39 is 17.9 Å². The molecule has 0 saturated heterocycles. The zero-order valence-corrected chi connectivity index (χ0v) is 17.1. The van der Waals surface area contributed by atoms with E-state index >= 15 is 0 Å². The van der Waals surface area contributed by atoms with Crippen molar-refractivity contribution < 1.29 is 14.4 Å². The van der Waals surface area contributed by atoms with E-state index in [4.69, 9.17) is 0 Å². The van der Waals surface area contributed by atoms with Gasteiger partial charge in [0.25, 0.3) is 17.7 Å². The van der Waals surface area contributed by atoms with Gasteiger partial charge in [-0.15, -0.1) is 0 Å². The van der Waals surface area contributed by atoms with Crippen molar-refractivity contribution in [3.8, 4) is 5.69 Å². The summed E-state index contributed by atoms with van der Waals surface area (Å²) >= 11 is 0. The highest BCUT2D eigenvalue weighted by Crippen LogP contribution is 2.20. The van der Waals surface area contributed by atoms with Crippen molar-refractivity contribution in [2.24, 2.45) is 0 Å². The zero-order chi connectivity index (χ0) is 21.7. The van der Waals surface area contributed by atoms with Crippen LogP contribution in [0.5, 0.6) is 0 Å². The fraction of sp³-hybridized carbons (Fsp3) is 0.174. The van der Waals surface area contributed by atoms with Gasteiger partial charge >= 0.3 is 0 Å². The number of hydrazine groups is 1. The second-order valence-corrected chi connectivity index (χ2v) is 6.96. The van der Waals surface area contributed by atoms with Crippen molar-refractivity contribution >= 4 is 17.7 Å². The Balaban J connectivity index is 1.61. The first kappa shape index (κ1) is 20.9. The van der Waals surface area contributed by atoms with Crippen LogP contribution in [0.1, 0.15) is 39.0 Å². The summed E-state index contributed by atoms with van der Waals surface area (Å²) in [7, 11) is 0. The van der Waals surface area contributed by atoms with E-state index in [0.29, 0.717) is 11.1 Å². The van der Waals surface area contributed by atoms with E-state index in [9.17, 15) is 14.4 Å². The summed E-state index contributed by atoms with van der Waals surface area (Å²) in [4.78, 5) is 37.0. The molecule has 0 aliphatic rings. The van der Waals surface area contributed by atoms with Crippen LogP contribution in [0.2, 0.25) is 0 Å². The number of rotatable bonds is 5. The van der Waals surface area contributed by atoms with Crippen LogP contribution in [0, 0.1) is 13.8 Å². The Labute approximate surface area is 175 Å². The van der Waals surface area contributed by atoms with Crippen LogP contribution in [0.4, 0.5) is 0 Å². The molecule has 1 atom stereocenters. The van der Waals surface area contributed by atoms with Crippen LogP contribution >= 0.6 is 0 Å². The smallest absolute Gasteiger partial charge is 0.271 e. The molecule has 0 aliphatic heterocycles. The molecule has 0 aliphatic carbocycles. The lowest BCUT2D eigenvalue weighted by molar-refractivity contribution is -0.123. The second-order valence-electron chi connectivity index (χ2n) is 6.96. The molecule has 3 N–H and O–H groups in total. The highest BCUT2D eigenvalue weighted by molar-refractivity contribution is 5.99. The molecule has 30 heavy (non-hydrogen) atoms. The summed E-state index contributed by atoms with van der Waals surface area (Å²) in [6.07, 6.45) is 0. The van der Waals surface area contributed by atoms with Crippen LogP contribution in [-0.4, -0.2) is 28.3 Å². The Bertz CT molecular complexity index is 1060. The molecule has 3 amide bonds. The lowest BCUT2D eigenvalue weighted by atomic mass is 10.2. The third-order valence-corrected chi connectivity index (χ3v) is 4.77. The maximum atomic E-state index is 12.6. The molecular formula is C23H24N4O3. The molecule has 1 unspecified atom stereocenters. The minimum absolute atomic E-state index is 0.365. The molecule has 0 bridgehead atoms. The predicted octanol–water partition coefficient (Wildman–Crippen LogP) is 2.67. The Morgan fingerprint density at radius 2 is 1.43 bits per heavy atom. The van der Waals surface area contributed by atoms with Crippen molar-refractivity contribution in [3.05, 3.63) is 89.2 Å². The van der Waals surface area contributed by atoms with Crippen LogP contribution in [-0.2, 0) is 4.79 Å². The molecule has 3 rings (SSSR count). The van der Waals surface area contributed by atoms with E-state index in [1.807, 2.05) is 48.7 Å². The van der Waals surface area contributed by atoms with E-state index in [1.54, 1.807) is 43.3 Å². The van der Waals surface area contributed by atoms with E-state index in [2.05, 4.69) is 16.2 Å². The Morgan fingerprint density at radius 1 is 0.833 bits per heavy atom. The average molecular weight is 404 g/mol. The number of carbonyl (C=O) groups excluding carboxylic acids is 3. The van der Waals surface area contributed by atoms with Crippen molar-refractivity contribution in [2.75, 3.05) is 0 Å². The quantitative estimate of drug-likeness (QED) is 0.571. The largest absolute Gasteiger partial charge is 0.340 e. The van der Waals surface area contributed by atoms with Gasteiger partial charge in [0.2, 0.25) is 0 Å². The summed E-state index contributed by atoms with van der Waals surface area (Å²) < 4.78 is 1.97. The number of aromatic nitrogens is 1. The first-order valence-corrected chi connectivity index (χ1v) is 9.59. The molecule has 0 saturated carbocycles. The van der Waals surface area contributed by atoms with Gasteiger partial charge in [-0.2, -0.15) is 0 Å². The van der Waals surface area contributed by atoms with Gasteiger partial charge < -0.3 is 9.88 Å². The first-order valence-electron chi connectivity index (χ1n) is 9.59. The molecule has 2 aromatic carbocycles. The summed E-state index contributed by atoms with van der Waals surface area (Å²) in [6, 6.07) is 19.3. The number of amides is 3. The average Bonchev–Trinajstić information content (AvgIpc) is 3.06. The summed E-state index contributed by atoms with van der Waals surface area (Å²) in [5.74, 6) is -1.32. The summed E-state index contributed by atoms with van der Waals surface area (Å²) in [5.41, 5.74) is 8.32. The number of aryl methyl sites for hydroxylation is 1. The Hall–Kier alpha value is -3.87. The van der Waals surface area contributed by atoms with E-state index in [1.165, 1.54) is 0 Å². The number of para-hydroxylation sites is 1. The SMILES string of the molecule is Cc1cc(C(=O)NNC(=O)C(C)NC(=O)c2ccccc2)c(C)n1-c1ccccc1. The number of benzene rings is 2. The summed E-state index contributed by atoms with van der Waals surface area (Å²) in [6.45, 7) is 5.31. The Kier molecular flexibility index (Phi) is 6.32. The molecule has 0 spiro atoms. The lowest BCUT2D eigenvalue weighted by Crippen LogP contribution is -2.51. The minimum atomic E-state index is -0.824. The number of hydrogen-bond donors (Lipinski definition) is 3. The number of carbonyl (C=O) groups is 3. The maximum absolute atomic E-state index is 12.6. The number of nitrogens with one attached hydrogen (secondary N) is 3.